The maximum Gasteiger partial charge on any atom is 0.222 e. The number of halogens is 1. The summed E-state index contributed by atoms with van der Waals surface area (Å²) in [5.41, 5.74) is 0. The van der Waals surface area contributed by atoms with Crippen molar-refractivity contribution in [1.29, 1.82) is 0 Å². The van der Waals surface area contributed by atoms with Crippen LogP contribution in [0, 0.1) is 5.92 Å². The molecule has 1 atom stereocenters. The van der Waals surface area contributed by atoms with Crippen LogP contribution in [0.2, 0.25) is 0 Å². The zero-order valence-electron chi connectivity index (χ0n) is 12.1. The molecule has 1 unspecified atom stereocenters. The Hall–Kier alpha value is -0.320. The molecule has 0 spiro atoms. The van der Waals surface area contributed by atoms with E-state index in [9.17, 15) is 4.79 Å². The van der Waals surface area contributed by atoms with Gasteiger partial charge >= 0.3 is 0 Å². The van der Waals surface area contributed by atoms with Crippen molar-refractivity contribution in [3.8, 4) is 0 Å². The standard InChI is InChI=1S/C13H28N2O2.ClH/c1-5-14-7-8-15-13(16)6-9-17-12(4)10-11(2)3;/h11-12,14H,5-10H2,1-4H3,(H,15,16);1H. The van der Waals surface area contributed by atoms with Crippen molar-refractivity contribution in [3.05, 3.63) is 0 Å². The number of nitrogens with one attached hydrogen (secondary N) is 2. The third-order valence-corrected chi connectivity index (χ3v) is 2.41. The molecule has 2 N–H and O–H groups in total. The molecule has 0 heterocycles. The minimum Gasteiger partial charge on any atom is -0.378 e. The molecule has 0 radical (unpaired) electrons. The topological polar surface area (TPSA) is 50.4 Å². The van der Waals surface area contributed by atoms with Gasteiger partial charge in [-0.05, 0) is 25.8 Å². The first-order chi connectivity index (χ1) is 8.06. The molecule has 0 saturated heterocycles. The van der Waals surface area contributed by atoms with Gasteiger partial charge in [-0.1, -0.05) is 20.8 Å². The van der Waals surface area contributed by atoms with Crippen molar-refractivity contribution >= 4 is 18.3 Å². The van der Waals surface area contributed by atoms with Crippen LogP contribution >= 0.6 is 12.4 Å². The van der Waals surface area contributed by atoms with Crippen LogP contribution in [0.25, 0.3) is 0 Å². The molecule has 18 heavy (non-hydrogen) atoms. The van der Waals surface area contributed by atoms with E-state index in [4.69, 9.17) is 4.74 Å². The van der Waals surface area contributed by atoms with E-state index in [2.05, 4.69) is 31.4 Å². The second-order valence-corrected chi connectivity index (χ2v) is 4.76. The summed E-state index contributed by atoms with van der Waals surface area (Å²) in [4.78, 5) is 11.4. The zero-order chi connectivity index (χ0) is 13.1. The maximum absolute atomic E-state index is 11.4. The Morgan fingerprint density at radius 2 is 1.89 bits per heavy atom. The normalized spacial score (nSPS) is 12.1. The van der Waals surface area contributed by atoms with Crippen LogP contribution in [0.1, 0.15) is 40.5 Å². The molecule has 1 amide bonds. The van der Waals surface area contributed by atoms with Crippen LogP contribution in [0.4, 0.5) is 0 Å². The van der Waals surface area contributed by atoms with E-state index in [1.165, 1.54) is 0 Å². The van der Waals surface area contributed by atoms with Gasteiger partial charge in [-0.2, -0.15) is 0 Å². The lowest BCUT2D eigenvalue weighted by Crippen LogP contribution is -2.32. The van der Waals surface area contributed by atoms with Crippen molar-refractivity contribution in [2.75, 3.05) is 26.2 Å². The molecule has 0 aliphatic carbocycles. The third-order valence-electron chi connectivity index (χ3n) is 2.41. The van der Waals surface area contributed by atoms with E-state index in [-0.39, 0.29) is 24.4 Å². The molecule has 0 aliphatic rings. The fourth-order valence-electron chi connectivity index (χ4n) is 1.64. The molecule has 4 nitrogen and oxygen atoms in total. The Kier molecular flexibility index (Phi) is 14.6. The molecule has 0 fully saturated rings. The lowest BCUT2D eigenvalue weighted by atomic mass is 10.1. The van der Waals surface area contributed by atoms with E-state index in [1.54, 1.807) is 0 Å². The Morgan fingerprint density at radius 1 is 1.22 bits per heavy atom. The fourth-order valence-corrected chi connectivity index (χ4v) is 1.64. The summed E-state index contributed by atoms with van der Waals surface area (Å²) in [5, 5.41) is 6.00. The minimum atomic E-state index is 0. The Bertz CT molecular complexity index is 201. The van der Waals surface area contributed by atoms with Gasteiger partial charge in [0.05, 0.1) is 12.7 Å². The van der Waals surface area contributed by atoms with E-state index < -0.39 is 0 Å². The van der Waals surface area contributed by atoms with E-state index in [0.717, 1.165) is 19.5 Å². The van der Waals surface area contributed by atoms with Crippen LogP contribution < -0.4 is 10.6 Å². The van der Waals surface area contributed by atoms with Gasteiger partial charge in [0, 0.05) is 19.5 Å². The summed E-state index contributed by atoms with van der Waals surface area (Å²) in [6.45, 7) is 11.4. The van der Waals surface area contributed by atoms with Crippen molar-refractivity contribution in [2.24, 2.45) is 5.92 Å². The predicted octanol–water partition coefficient (Wildman–Crippen LogP) is 1.98. The Morgan fingerprint density at radius 3 is 2.44 bits per heavy atom. The van der Waals surface area contributed by atoms with Crippen molar-refractivity contribution < 1.29 is 9.53 Å². The summed E-state index contributed by atoms with van der Waals surface area (Å²) in [6, 6.07) is 0. The summed E-state index contributed by atoms with van der Waals surface area (Å²) in [6.07, 6.45) is 1.74. The molecule has 0 aromatic heterocycles. The molecule has 0 aliphatic heterocycles. The van der Waals surface area contributed by atoms with Crippen LogP contribution in [0.3, 0.4) is 0 Å². The summed E-state index contributed by atoms with van der Waals surface area (Å²) in [5.74, 6) is 0.707. The molecular weight excluding hydrogens is 252 g/mol. The van der Waals surface area contributed by atoms with Crippen molar-refractivity contribution in [3.63, 3.8) is 0 Å². The number of ether oxygens (including phenoxy) is 1. The number of amides is 1. The molecule has 110 valence electrons. The first-order valence-corrected chi connectivity index (χ1v) is 6.65. The summed E-state index contributed by atoms with van der Waals surface area (Å²) in [7, 11) is 0. The Labute approximate surface area is 118 Å². The molecule has 0 bridgehead atoms. The number of rotatable bonds is 10. The first kappa shape index (κ1) is 20.0. The monoisotopic (exact) mass is 280 g/mol. The highest BCUT2D eigenvalue weighted by atomic mass is 35.5. The number of hydrogen-bond donors (Lipinski definition) is 2. The molecule has 0 aromatic carbocycles. The fraction of sp³-hybridized carbons (Fsp3) is 0.923. The molecule has 0 aromatic rings. The Balaban J connectivity index is 0. The maximum atomic E-state index is 11.4. The average Bonchev–Trinajstić information content (AvgIpc) is 2.23. The van der Waals surface area contributed by atoms with Crippen LogP contribution in [0.5, 0.6) is 0 Å². The predicted molar refractivity (Wildman–Crippen MR) is 78.3 cm³/mol. The van der Waals surface area contributed by atoms with Crippen molar-refractivity contribution in [1.82, 2.24) is 10.6 Å². The van der Waals surface area contributed by atoms with Gasteiger partial charge < -0.3 is 15.4 Å². The minimum absolute atomic E-state index is 0. The average molecular weight is 281 g/mol. The van der Waals surface area contributed by atoms with Crippen LogP contribution in [0.15, 0.2) is 0 Å². The molecule has 0 rings (SSSR count). The van der Waals surface area contributed by atoms with Gasteiger partial charge in [0.2, 0.25) is 5.91 Å². The van der Waals surface area contributed by atoms with Gasteiger partial charge in [0.25, 0.3) is 0 Å². The van der Waals surface area contributed by atoms with Gasteiger partial charge in [-0.15, -0.1) is 12.4 Å². The quantitative estimate of drug-likeness (QED) is 0.602. The smallest absolute Gasteiger partial charge is 0.222 e. The number of hydrogen-bond acceptors (Lipinski definition) is 3. The lowest BCUT2D eigenvalue weighted by molar-refractivity contribution is -0.122. The molecular formula is C13H29ClN2O2. The summed E-state index contributed by atoms with van der Waals surface area (Å²) >= 11 is 0. The summed E-state index contributed by atoms with van der Waals surface area (Å²) < 4.78 is 5.57. The third kappa shape index (κ3) is 13.7. The highest BCUT2D eigenvalue weighted by molar-refractivity contribution is 5.85. The lowest BCUT2D eigenvalue weighted by Gasteiger charge is -2.14. The zero-order valence-corrected chi connectivity index (χ0v) is 12.9. The second kappa shape index (κ2) is 13.1. The highest BCUT2D eigenvalue weighted by Gasteiger charge is 2.06. The van der Waals surface area contributed by atoms with E-state index >= 15 is 0 Å². The van der Waals surface area contributed by atoms with Crippen LogP contribution in [-0.2, 0) is 9.53 Å². The number of carbonyl (C=O) groups is 1. The second-order valence-electron chi connectivity index (χ2n) is 4.76. The van der Waals surface area contributed by atoms with Gasteiger partial charge in [-0.25, -0.2) is 0 Å². The SMILES string of the molecule is CCNCCNC(=O)CCOC(C)CC(C)C.Cl. The number of carbonyl (C=O) groups excluding carboxylic acids is 1. The molecule has 5 heteroatoms. The van der Waals surface area contributed by atoms with Crippen molar-refractivity contribution in [2.45, 2.75) is 46.6 Å². The molecule has 0 saturated carbocycles. The van der Waals surface area contributed by atoms with E-state index in [1.807, 2.05) is 6.92 Å². The largest absolute Gasteiger partial charge is 0.378 e. The number of likely N-dealkylation sites (N-methyl/N-ethyl adjacent to an activating group) is 1. The van der Waals surface area contributed by atoms with Crippen LogP contribution in [-0.4, -0.2) is 38.3 Å². The van der Waals surface area contributed by atoms with Gasteiger partial charge in [0.1, 0.15) is 0 Å². The first-order valence-electron chi connectivity index (χ1n) is 6.65. The van der Waals surface area contributed by atoms with Gasteiger partial charge in [-0.3, -0.25) is 4.79 Å². The highest BCUT2D eigenvalue weighted by Crippen LogP contribution is 2.07. The van der Waals surface area contributed by atoms with E-state index in [0.29, 0.717) is 25.5 Å². The van der Waals surface area contributed by atoms with Gasteiger partial charge in [0.15, 0.2) is 0 Å².